The van der Waals surface area contributed by atoms with Gasteiger partial charge in [-0.3, -0.25) is 24.5 Å². The number of nitrogens with one attached hydrogen (secondary N) is 1. The van der Waals surface area contributed by atoms with Gasteiger partial charge in [0, 0.05) is 34.8 Å². The van der Waals surface area contributed by atoms with Crippen LogP contribution in [0.15, 0.2) is 40.9 Å². The van der Waals surface area contributed by atoms with Crippen LogP contribution in [0.3, 0.4) is 0 Å². The van der Waals surface area contributed by atoms with Crippen molar-refractivity contribution in [3.8, 4) is 0 Å². The number of nitro groups is 1. The number of hydrogen-bond donors (Lipinski definition) is 1. The molecule has 1 aliphatic rings. The molecule has 0 radical (unpaired) electrons. The maximum Gasteiger partial charge on any atom is 0.311 e. The second-order valence-corrected chi connectivity index (χ2v) is 8.16. The first kappa shape index (κ1) is 22.4. The van der Waals surface area contributed by atoms with Crippen LogP contribution in [0.1, 0.15) is 17.5 Å². The van der Waals surface area contributed by atoms with Gasteiger partial charge in [-0.1, -0.05) is 22.0 Å². The number of nitrogens with zero attached hydrogens (tertiary/aromatic N) is 2. The molecule has 1 atom stereocenters. The summed E-state index contributed by atoms with van der Waals surface area (Å²) in [7, 11) is 0. The van der Waals surface area contributed by atoms with Crippen molar-refractivity contribution in [1.82, 2.24) is 0 Å². The third-order valence-corrected chi connectivity index (χ3v) is 5.46. The van der Waals surface area contributed by atoms with Gasteiger partial charge in [0.05, 0.1) is 16.5 Å². The average Bonchev–Trinajstić information content (AvgIpc) is 3.10. The van der Waals surface area contributed by atoms with Crippen LogP contribution in [0.4, 0.5) is 17.1 Å². The van der Waals surface area contributed by atoms with Crippen molar-refractivity contribution in [2.45, 2.75) is 20.3 Å². The Morgan fingerprint density at radius 2 is 1.97 bits per heavy atom. The van der Waals surface area contributed by atoms with Gasteiger partial charge in [-0.05, 0) is 43.7 Å². The normalized spacial score (nSPS) is 15.6. The Bertz CT molecular complexity index is 1070. The van der Waals surface area contributed by atoms with E-state index in [1.54, 1.807) is 31.2 Å². The summed E-state index contributed by atoms with van der Waals surface area (Å²) in [5.74, 6) is -2.25. The standard InChI is InChI=1S/C21H20BrN3O6/c1-12-3-5-16(9-18(12)25(29)30)24-10-14(8-20(24)27)21(28)31-11-19(26)23-17-6-4-15(22)7-13(17)2/h3-7,9,14H,8,10-11H2,1-2H3,(H,23,26)/t14-/m1/s1. The number of amides is 2. The highest BCUT2D eigenvalue weighted by atomic mass is 79.9. The molecule has 2 aromatic carbocycles. The molecule has 0 aromatic heterocycles. The molecule has 1 heterocycles. The summed E-state index contributed by atoms with van der Waals surface area (Å²) < 4.78 is 5.97. The molecule has 0 aliphatic carbocycles. The molecule has 1 saturated heterocycles. The fourth-order valence-electron chi connectivity index (χ4n) is 3.29. The fourth-order valence-corrected chi connectivity index (χ4v) is 3.76. The minimum absolute atomic E-state index is 0.0331. The highest BCUT2D eigenvalue weighted by molar-refractivity contribution is 9.10. The highest BCUT2D eigenvalue weighted by Crippen LogP contribution is 2.30. The van der Waals surface area contributed by atoms with Crippen LogP contribution < -0.4 is 10.2 Å². The number of hydrogen-bond acceptors (Lipinski definition) is 6. The molecular weight excluding hydrogens is 470 g/mol. The molecular formula is C21H20BrN3O6. The maximum atomic E-state index is 12.4. The second kappa shape index (κ2) is 9.25. The molecule has 2 aromatic rings. The van der Waals surface area contributed by atoms with Gasteiger partial charge in [-0.2, -0.15) is 0 Å². The number of halogens is 1. The van der Waals surface area contributed by atoms with Gasteiger partial charge >= 0.3 is 5.97 Å². The lowest BCUT2D eigenvalue weighted by atomic mass is 10.1. The smallest absolute Gasteiger partial charge is 0.311 e. The van der Waals surface area contributed by atoms with Gasteiger partial charge in [0.2, 0.25) is 5.91 Å². The lowest BCUT2D eigenvalue weighted by Crippen LogP contribution is -2.28. The number of carbonyl (C=O) groups excluding carboxylic acids is 3. The summed E-state index contributed by atoms with van der Waals surface area (Å²) >= 11 is 3.34. The zero-order valence-corrected chi connectivity index (χ0v) is 18.5. The van der Waals surface area contributed by atoms with Crippen molar-refractivity contribution in [2.24, 2.45) is 5.92 Å². The fraction of sp³-hybridized carbons (Fsp3) is 0.286. The number of ether oxygens (including phenoxy) is 1. The Balaban J connectivity index is 1.58. The zero-order chi connectivity index (χ0) is 22.7. The summed E-state index contributed by atoms with van der Waals surface area (Å²) in [5.41, 5.74) is 2.17. The minimum atomic E-state index is -0.755. The molecule has 0 bridgehead atoms. The van der Waals surface area contributed by atoms with E-state index in [1.165, 1.54) is 11.0 Å². The van der Waals surface area contributed by atoms with Gasteiger partial charge in [0.1, 0.15) is 0 Å². The number of anilines is 2. The summed E-state index contributed by atoms with van der Waals surface area (Å²) in [5, 5.41) is 13.8. The Labute approximate surface area is 186 Å². The van der Waals surface area contributed by atoms with E-state index in [9.17, 15) is 24.5 Å². The second-order valence-electron chi connectivity index (χ2n) is 7.25. The summed E-state index contributed by atoms with van der Waals surface area (Å²) in [6.07, 6.45) is -0.0893. The Morgan fingerprint density at radius 1 is 1.23 bits per heavy atom. The Morgan fingerprint density at radius 3 is 2.65 bits per heavy atom. The van der Waals surface area contributed by atoms with Crippen molar-refractivity contribution in [1.29, 1.82) is 0 Å². The van der Waals surface area contributed by atoms with Crippen LogP contribution in [0.2, 0.25) is 0 Å². The van der Waals surface area contributed by atoms with E-state index in [0.29, 0.717) is 16.9 Å². The van der Waals surface area contributed by atoms with E-state index in [4.69, 9.17) is 4.74 Å². The number of nitro benzene ring substituents is 1. The van der Waals surface area contributed by atoms with E-state index in [1.807, 2.05) is 13.0 Å². The van der Waals surface area contributed by atoms with Crippen LogP contribution in [0.25, 0.3) is 0 Å². The molecule has 3 rings (SSSR count). The minimum Gasteiger partial charge on any atom is -0.455 e. The predicted molar refractivity (Wildman–Crippen MR) is 117 cm³/mol. The summed E-state index contributed by atoms with van der Waals surface area (Å²) in [6.45, 7) is 3.00. The number of benzene rings is 2. The van der Waals surface area contributed by atoms with Gasteiger partial charge in [0.25, 0.3) is 11.6 Å². The molecule has 1 fully saturated rings. The molecule has 0 unspecified atom stereocenters. The van der Waals surface area contributed by atoms with Gasteiger partial charge in [-0.15, -0.1) is 0 Å². The molecule has 10 heteroatoms. The lowest BCUT2D eigenvalue weighted by molar-refractivity contribution is -0.385. The molecule has 1 aliphatic heterocycles. The molecule has 0 spiro atoms. The van der Waals surface area contributed by atoms with E-state index in [2.05, 4.69) is 21.2 Å². The van der Waals surface area contributed by atoms with Crippen LogP contribution in [0, 0.1) is 29.9 Å². The largest absolute Gasteiger partial charge is 0.455 e. The Hall–Kier alpha value is -3.27. The maximum absolute atomic E-state index is 12.4. The number of carbonyl (C=O) groups is 3. The van der Waals surface area contributed by atoms with Crippen molar-refractivity contribution in [2.75, 3.05) is 23.4 Å². The summed E-state index contributed by atoms with van der Waals surface area (Å²) in [6, 6.07) is 9.82. The predicted octanol–water partition coefficient (Wildman–Crippen LogP) is 3.51. The third-order valence-electron chi connectivity index (χ3n) is 4.97. The van der Waals surface area contributed by atoms with Crippen LogP contribution >= 0.6 is 15.9 Å². The molecule has 162 valence electrons. The van der Waals surface area contributed by atoms with E-state index in [-0.39, 0.29) is 24.6 Å². The molecule has 9 nitrogen and oxygen atoms in total. The average molecular weight is 490 g/mol. The first-order chi connectivity index (χ1) is 14.7. The zero-order valence-electron chi connectivity index (χ0n) is 16.9. The Kier molecular flexibility index (Phi) is 6.69. The molecule has 2 amide bonds. The van der Waals surface area contributed by atoms with Gasteiger partial charge < -0.3 is 15.0 Å². The molecule has 31 heavy (non-hydrogen) atoms. The summed E-state index contributed by atoms with van der Waals surface area (Å²) in [4.78, 5) is 48.8. The first-order valence-corrected chi connectivity index (χ1v) is 10.2. The van der Waals surface area contributed by atoms with Crippen molar-refractivity contribution < 1.29 is 24.0 Å². The van der Waals surface area contributed by atoms with Crippen molar-refractivity contribution in [3.05, 3.63) is 62.1 Å². The van der Waals surface area contributed by atoms with E-state index in [0.717, 1.165) is 10.0 Å². The van der Waals surface area contributed by atoms with Crippen LogP contribution in [-0.2, 0) is 19.1 Å². The highest BCUT2D eigenvalue weighted by Gasteiger charge is 2.37. The first-order valence-electron chi connectivity index (χ1n) is 9.43. The van der Waals surface area contributed by atoms with Crippen molar-refractivity contribution >= 4 is 50.8 Å². The topological polar surface area (TPSA) is 119 Å². The lowest BCUT2D eigenvalue weighted by Gasteiger charge is -2.17. The number of rotatable bonds is 6. The number of aryl methyl sites for hydroxylation is 2. The van der Waals surface area contributed by atoms with Gasteiger partial charge in [0.15, 0.2) is 6.61 Å². The van der Waals surface area contributed by atoms with E-state index < -0.39 is 29.3 Å². The SMILES string of the molecule is Cc1cc(Br)ccc1NC(=O)COC(=O)[C@@H]1CC(=O)N(c2ccc(C)c([N+](=O)[O-])c2)C1. The van der Waals surface area contributed by atoms with Gasteiger partial charge in [-0.25, -0.2) is 0 Å². The van der Waals surface area contributed by atoms with Crippen LogP contribution in [0.5, 0.6) is 0 Å². The molecule has 1 N–H and O–H groups in total. The quantitative estimate of drug-likeness (QED) is 0.376. The van der Waals surface area contributed by atoms with Crippen molar-refractivity contribution in [3.63, 3.8) is 0 Å². The number of esters is 1. The third kappa shape index (κ3) is 5.26. The molecule has 0 saturated carbocycles. The van der Waals surface area contributed by atoms with Crippen LogP contribution in [-0.4, -0.2) is 35.9 Å². The monoisotopic (exact) mass is 489 g/mol. The van der Waals surface area contributed by atoms with E-state index >= 15 is 0 Å².